The number of hydrogen-bond acceptors (Lipinski definition) is 3. The molecule has 0 spiro atoms. The molecule has 0 atom stereocenters. The van der Waals surface area contributed by atoms with Gasteiger partial charge in [0.05, 0.1) is 11.4 Å². The van der Waals surface area contributed by atoms with Crippen molar-refractivity contribution in [3.05, 3.63) is 53.0 Å². The lowest BCUT2D eigenvalue weighted by atomic mass is 10.2. The number of carbonyl (C=O) groups excluding carboxylic acids is 2. The smallest absolute Gasteiger partial charge is 0.262 e. The summed E-state index contributed by atoms with van der Waals surface area (Å²) >= 11 is 3.35. The molecule has 0 bridgehead atoms. The number of halogens is 1. The van der Waals surface area contributed by atoms with Crippen LogP contribution in [0.5, 0.6) is 5.75 Å². The van der Waals surface area contributed by atoms with Gasteiger partial charge in [0.25, 0.3) is 5.91 Å². The molecule has 5 nitrogen and oxygen atoms in total. The first-order valence-corrected chi connectivity index (χ1v) is 8.50. The van der Waals surface area contributed by atoms with Gasteiger partial charge in [0, 0.05) is 17.4 Å². The number of benzene rings is 2. The van der Waals surface area contributed by atoms with Gasteiger partial charge in [-0.15, -0.1) is 0 Å². The number of amides is 2. The van der Waals surface area contributed by atoms with Crippen molar-refractivity contribution in [2.45, 2.75) is 12.8 Å². The molecule has 0 radical (unpaired) electrons. The fourth-order valence-electron chi connectivity index (χ4n) is 2.58. The van der Waals surface area contributed by atoms with E-state index in [1.54, 1.807) is 23.1 Å². The monoisotopic (exact) mass is 388 g/mol. The zero-order valence-corrected chi connectivity index (χ0v) is 14.6. The van der Waals surface area contributed by atoms with Crippen LogP contribution >= 0.6 is 15.9 Å². The van der Waals surface area contributed by atoms with Crippen LogP contribution in [0.25, 0.3) is 0 Å². The highest BCUT2D eigenvalue weighted by molar-refractivity contribution is 9.10. The fraction of sp³-hybridized carbons (Fsp3) is 0.222. The first kappa shape index (κ1) is 16.5. The highest BCUT2D eigenvalue weighted by Crippen LogP contribution is 2.29. The quantitative estimate of drug-likeness (QED) is 0.850. The molecule has 1 heterocycles. The summed E-state index contributed by atoms with van der Waals surface area (Å²) in [6.45, 7) is 0.588. The zero-order valence-electron chi connectivity index (χ0n) is 13.0. The molecule has 2 aromatic carbocycles. The maximum absolute atomic E-state index is 12.2. The molecular weight excluding hydrogens is 372 g/mol. The van der Waals surface area contributed by atoms with E-state index in [2.05, 4.69) is 21.2 Å². The average Bonchev–Trinajstić information content (AvgIpc) is 3.01. The molecular formula is C18H17BrN2O3. The van der Waals surface area contributed by atoms with Gasteiger partial charge in [-0.25, -0.2) is 0 Å². The van der Waals surface area contributed by atoms with Gasteiger partial charge in [0.1, 0.15) is 5.75 Å². The zero-order chi connectivity index (χ0) is 16.9. The largest absolute Gasteiger partial charge is 0.484 e. The summed E-state index contributed by atoms with van der Waals surface area (Å²) in [7, 11) is 0. The van der Waals surface area contributed by atoms with Crippen LogP contribution in [0.1, 0.15) is 12.8 Å². The third-order valence-corrected chi connectivity index (χ3v) is 4.25. The van der Waals surface area contributed by atoms with Gasteiger partial charge in [-0.3, -0.25) is 9.59 Å². The van der Waals surface area contributed by atoms with E-state index in [-0.39, 0.29) is 18.4 Å². The number of nitrogens with zero attached hydrogens (tertiary/aromatic N) is 1. The highest BCUT2D eigenvalue weighted by atomic mass is 79.9. The highest BCUT2D eigenvalue weighted by Gasteiger charge is 2.24. The van der Waals surface area contributed by atoms with Gasteiger partial charge in [-0.2, -0.15) is 0 Å². The average molecular weight is 389 g/mol. The molecule has 3 rings (SSSR count). The number of nitrogens with one attached hydrogen (secondary N) is 1. The minimum Gasteiger partial charge on any atom is -0.484 e. The van der Waals surface area contributed by atoms with E-state index in [1.165, 1.54) is 0 Å². The van der Waals surface area contributed by atoms with E-state index in [4.69, 9.17) is 4.74 Å². The van der Waals surface area contributed by atoms with Crippen molar-refractivity contribution in [3.8, 4) is 5.75 Å². The maximum atomic E-state index is 12.2. The number of ether oxygens (including phenoxy) is 1. The Labute approximate surface area is 148 Å². The van der Waals surface area contributed by atoms with Crippen molar-refractivity contribution in [2.75, 3.05) is 23.4 Å². The van der Waals surface area contributed by atoms with Crippen molar-refractivity contribution >= 4 is 39.1 Å². The van der Waals surface area contributed by atoms with Crippen molar-refractivity contribution < 1.29 is 14.3 Å². The SMILES string of the molecule is O=C(COc1ccc(Br)cc1)Nc1ccccc1N1CCCC1=O. The van der Waals surface area contributed by atoms with Gasteiger partial charge >= 0.3 is 0 Å². The first-order chi connectivity index (χ1) is 11.6. The number of rotatable bonds is 5. The summed E-state index contributed by atoms with van der Waals surface area (Å²) in [6.07, 6.45) is 1.39. The molecule has 0 unspecified atom stereocenters. The van der Waals surface area contributed by atoms with Crippen LogP contribution in [0, 0.1) is 0 Å². The molecule has 1 saturated heterocycles. The maximum Gasteiger partial charge on any atom is 0.262 e. The Morgan fingerprint density at radius 3 is 2.62 bits per heavy atom. The molecule has 124 valence electrons. The van der Waals surface area contributed by atoms with Crippen LogP contribution in [-0.4, -0.2) is 25.0 Å². The standard InChI is InChI=1S/C18H17BrN2O3/c19-13-7-9-14(10-8-13)24-12-17(22)20-15-4-1-2-5-16(15)21-11-3-6-18(21)23/h1-2,4-5,7-10H,3,6,11-12H2,(H,20,22). The third kappa shape index (κ3) is 3.94. The van der Waals surface area contributed by atoms with Crippen LogP contribution < -0.4 is 15.0 Å². The van der Waals surface area contributed by atoms with Crippen molar-refractivity contribution in [2.24, 2.45) is 0 Å². The summed E-state index contributed by atoms with van der Waals surface area (Å²) < 4.78 is 6.42. The molecule has 2 aromatic rings. The second kappa shape index (κ2) is 7.49. The van der Waals surface area contributed by atoms with Crippen LogP contribution in [0.4, 0.5) is 11.4 Å². The second-order valence-corrected chi connectivity index (χ2v) is 6.37. The molecule has 1 aliphatic heterocycles. The number of anilines is 2. The Kier molecular flexibility index (Phi) is 5.15. The molecule has 24 heavy (non-hydrogen) atoms. The Morgan fingerprint density at radius 2 is 1.92 bits per heavy atom. The lowest BCUT2D eigenvalue weighted by Gasteiger charge is -2.20. The molecule has 0 aromatic heterocycles. The van der Waals surface area contributed by atoms with E-state index in [1.807, 2.05) is 30.3 Å². The number of para-hydroxylation sites is 2. The molecule has 0 aliphatic carbocycles. The topological polar surface area (TPSA) is 58.6 Å². The van der Waals surface area contributed by atoms with Crippen molar-refractivity contribution in [1.29, 1.82) is 0 Å². The normalized spacial score (nSPS) is 13.9. The lowest BCUT2D eigenvalue weighted by Crippen LogP contribution is -2.26. The number of carbonyl (C=O) groups is 2. The molecule has 2 amide bonds. The van der Waals surface area contributed by atoms with E-state index < -0.39 is 0 Å². The van der Waals surface area contributed by atoms with E-state index in [9.17, 15) is 9.59 Å². The summed E-state index contributed by atoms with van der Waals surface area (Å²) in [5, 5.41) is 2.82. The van der Waals surface area contributed by atoms with E-state index in [0.29, 0.717) is 24.4 Å². The first-order valence-electron chi connectivity index (χ1n) is 7.71. The predicted octanol–water partition coefficient (Wildman–Crippen LogP) is 3.59. The van der Waals surface area contributed by atoms with Gasteiger partial charge < -0.3 is 15.0 Å². The van der Waals surface area contributed by atoms with E-state index in [0.717, 1.165) is 16.6 Å². The predicted molar refractivity (Wildman–Crippen MR) is 96.3 cm³/mol. The summed E-state index contributed by atoms with van der Waals surface area (Å²) in [5.41, 5.74) is 1.36. The Balaban J connectivity index is 1.64. The van der Waals surface area contributed by atoms with Crippen molar-refractivity contribution in [3.63, 3.8) is 0 Å². The van der Waals surface area contributed by atoms with Crippen LogP contribution in [-0.2, 0) is 9.59 Å². The molecule has 0 saturated carbocycles. The summed E-state index contributed by atoms with van der Waals surface area (Å²) in [4.78, 5) is 25.8. The van der Waals surface area contributed by atoms with Crippen molar-refractivity contribution in [1.82, 2.24) is 0 Å². The van der Waals surface area contributed by atoms with Crippen LogP contribution in [0.3, 0.4) is 0 Å². The molecule has 1 aliphatic rings. The summed E-state index contributed by atoms with van der Waals surface area (Å²) in [5.74, 6) is 0.441. The number of hydrogen-bond donors (Lipinski definition) is 1. The van der Waals surface area contributed by atoms with Gasteiger partial charge in [-0.05, 0) is 42.8 Å². The Morgan fingerprint density at radius 1 is 1.17 bits per heavy atom. The minimum absolute atomic E-state index is 0.0859. The van der Waals surface area contributed by atoms with Gasteiger partial charge in [0.15, 0.2) is 6.61 Å². The Bertz CT molecular complexity index is 746. The van der Waals surface area contributed by atoms with Gasteiger partial charge in [-0.1, -0.05) is 28.1 Å². The van der Waals surface area contributed by atoms with Gasteiger partial charge in [0.2, 0.25) is 5.91 Å². The van der Waals surface area contributed by atoms with Crippen LogP contribution in [0.15, 0.2) is 53.0 Å². The lowest BCUT2D eigenvalue weighted by molar-refractivity contribution is -0.118. The minimum atomic E-state index is -0.267. The third-order valence-electron chi connectivity index (χ3n) is 3.73. The molecule has 1 N–H and O–H groups in total. The van der Waals surface area contributed by atoms with Crippen LogP contribution in [0.2, 0.25) is 0 Å². The molecule has 6 heteroatoms. The van der Waals surface area contributed by atoms with E-state index >= 15 is 0 Å². The fourth-order valence-corrected chi connectivity index (χ4v) is 2.85. The molecule has 1 fully saturated rings. The summed E-state index contributed by atoms with van der Waals surface area (Å²) in [6, 6.07) is 14.6. The Hall–Kier alpha value is -2.34. The second-order valence-electron chi connectivity index (χ2n) is 5.46.